The zero-order chi connectivity index (χ0) is 38.2. The molecule has 0 spiro atoms. The molecular formula is C40H47N7O6. The molecule has 13 nitrogen and oxygen atoms in total. The number of aromatic amines is 1. The van der Waals surface area contributed by atoms with Crippen LogP contribution in [0.25, 0.3) is 10.9 Å². The number of nitrogens with zero attached hydrogens (tertiary/aromatic N) is 2. The van der Waals surface area contributed by atoms with E-state index < -0.39 is 72.2 Å². The number of carbonyl (C=O) groups excluding carboxylic acids is 6. The quantitative estimate of drug-likeness (QED) is 0.212. The van der Waals surface area contributed by atoms with Gasteiger partial charge in [-0.3, -0.25) is 28.8 Å². The molecule has 1 aromatic heterocycles. The lowest BCUT2D eigenvalue weighted by atomic mass is 10.0. The van der Waals surface area contributed by atoms with Crippen molar-refractivity contribution in [3.8, 4) is 0 Å². The first-order valence-corrected chi connectivity index (χ1v) is 17.8. The summed E-state index contributed by atoms with van der Waals surface area (Å²) in [4.78, 5) is 88.8. The summed E-state index contributed by atoms with van der Waals surface area (Å²) in [7, 11) is 1.46. The number of amides is 6. The van der Waals surface area contributed by atoms with Crippen LogP contribution in [0.5, 0.6) is 0 Å². The number of likely N-dealkylation sites (N-methyl/N-ethyl adjacent to an activating group) is 1. The maximum atomic E-state index is 14.3. The lowest BCUT2D eigenvalue weighted by molar-refractivity contribution is -0.142. The molecular weight excluding hydrogens is 674 g/mol. The highest BCUT2D eigenvalue weighted by Gasteiger charge is 2.35. The standard InChI is InChI=1S/C40H47N7O6/c1-24(2)35-38(51)41-25(3)36(49)44-33(28-16-10-7-11-17-28)22-47(40(53)32-21-29-18-12-13-19-30(29)42-32)23-34(48)43-31(20-27-14-8-6-9-15-27)39(52)46(5)26(4)37(50)45-35/h6-19,21,24-26,31,33,35,42H,20,22-23H2,1-5H3,(H,41,51)(H,43,48)(H,44,49)(H,45,50)/t25-,26-,31-,33-,35+/m0/s1. The van der Waals surface area contributed by atoms with E-state index in [0.29, 0.717) is 5.56 Å². The monoisotopic (exact) mass is 721 g/mol. The Kier molecular flexibility index (Phi) is 12.3. The van der Waals surface area contributed by atoms with Gasteiger partial charge in [-0.25, -0.2) is 0 Å². The van der Waals surface area contributed by atoms with Crippen LogP contribution >= 0.6 is 0 Å². The molecule has 1 aliphatic rings. The third kappa shape index (κ3) is 9.47. The van der Waals surface area contributed by atoms with E-state index in [1.807, 2.05) is 60.7 Å². The molecule has 1 saturated heterocycles. The number of para-hydroxylation sites is 1. The fraction of sp³-hybridized carbons (Fsp3) is 0.350. The summed E-state index contributed by atoms with van der Waals surface area (Å²) in [5.41, 5.74) is 2.38. The second kappa shape index (κ2) is 17.0. The summed E-state index contributed by atoms with van der Waals surface area (Å²) in [5, 5.41) is 12.1. The summed E-state index contributed by atoms with van der Waals surface area (Å²) < 4.78 is 0. The number of hydrogen-bond donors (Lipinski definition) is 5. The van der Waals surface area contributed by atoms with Crippen LogP contribution in [0.15, 0.2) is 91.0 Å². The van der Waals surface area contributed by atoms with Gasteiger partial charge in [0.15, 0.2) is 0 Å². The first-order valence-electron chi connectivity index (χ1n) is 17.8. The van der Waals surface area contributed by atoms with E-state index in [9.17, 15) is 28.8 Å². The predicted octanol–water partition coefficient (Wildman–Crippen LogP) is 2.70. The zero-order valence-corrected chi connectivity index (χ0v) is 30.6. The summed E-state index contributed by atoms with van der Waals surface area (Å²) in [6.07, 6.45) is 0.109. The van der Waals surface area contributed by atoms with Crippen molar-refractivity contribution in [2.45, 2.75) is 64.3 Å². The van der Waals surface area contributed by atoms with Gasteiger partial charge in [0, 0.05) is 30.9 Å². The molecule has 1 fully saturated rings. The highest BCUT2D eigenvalue weighted by Crippen LogP contribution is 2.20. The van der Waals surface area contributed by atoms with Crippen LogP contribution in [-0.2, 0) is 30.4 Å². The highest BCUT2D eigenvalue weighted by atomic mass is 16.2. The van der Waals surface area contributed by atoms with E-state index in [1.165, 1.54) is 30.7 Å². The average Bonchev–Trinajstić information content (AvgIpc) is 3.59. The average molecular weight is 722 g/mol. The summed E-state index contributed by atoms with van der Waals surface area (Å²) in [6, 6.07) is 22.2. The Bertz CT molecular complexity index is 1910. The summed E-state index contributed by atoms with van der Waals surface area (Å²) in [5.74, 6) is -3.71. The van der Waals surface area contributed by atoms with Crippen molar-refractivity contribution in [3.63, 3.8) is 0 Å². The molecule has 278 valence electrons. The summed E-state index contributed by atoms with van der Waals surface area (Å²) >= 11 is 0. The van der Waals surface area contributed by atoms with Crippen LogP contribution in [0.4, 0.5) is 0 Å². The minimum atomic E-state index is -1.11. The van der Waals surface area contributed by atoms with Crippen molar-refractivity contribution in [1.29, 1.82) is 0 Å². The maximum Gasteiger partial charge on any atom is 0.270 e. The molecule has 53 heavy (non-hydrogen) atoms. The molecule has 6 amide bonds. The molecule has 5 atom stereocenters. The lowest BCUT2D eigenvalue weighted by Gasteiger charge is -2.32. The smallest absolute Gasteiger partial charge is 0.270 e. The fourth-order valence-electron chi connectivity index (χ4n) is 6.27. The normalized spacial score (nSPS) is 22.8. The molecule has 0 saturated carbocycles. The van der Waals surface area contributed by atoms with Crippen LogP contribution in [0.1, 0.15) is 55.4 Å². The van der Waals surface area contributed by atoms with Crippen LogP contribution < -0.4 is 21.3 Å². The van der Waals surface area contributed by atoms with E-state index in [-0.39, 0.29) is 24.6 Å². The van der Waals surface area contributed by atoms with Crippen molar-refractivity contribution in [3.05, 3.63) is 108 Å². The Balaban J connectivity index is 1.56. The van der Waals surface area contributed by atoms with Crippen molar-refractivity contribution in [2.24, 2.45) is 5.92 Å². The van der Waals surface area contributed by atoms with Crippen LogP contribution in [0.2, 0.25) is 0 Å². The molecule has 2 heterocycles. The van der Waals surface area contributed by atoms with Crippen LogP contribution in [-0.4, -0.2) is 94.5 Å². The number of rotatable bonds is 5. The maximum absolute atomic E-state index is 14.3. The van der Waals surface area contributed by atoms with Gasteiger partial charge in [0.1, 0.15) is 29.9 Å². The Morgan fingerprint density at radius 3 is 2.08 bits per heavy atom. The Morgan fingerprint density at radius 2 is 1.42 bits per heavy atom. The molecule has 5 rings (SSSR count). The minimum Gasteiger partial charge on any atom is -0.351 e. The lowest BCUT2D eigenvalue weighted by Crippen LogP contribution is -2.59. The van der Waals surface area contributed by atoms with Crippen molar-refractivity contribution in [2.75, 3.05) is 20.1 Å². The molecule has 13 heteroatoms. The number of carbonyl (C=O) groups is 6. The van der Waals surface area contributed by atoms with Crippen molar-refractivity contribution < 1.29 is 28.8 Å². The molecule has 4 aromatic rings. The molecule has 0 aliphatic carbocycles. The third-order valence-electron chi connectivity index (χ3n) is 9.53. The predicted molar refractivity (Wildman–Crippen MR) is 200 cm³/mol. The second-order valence-electron chi connectivity index (χ2n) is 13.8. The van der Waals surface area contributed by atoms with Gasteiger partial charge in [0.2, 0.25) is 29.5 Å². The minimum absolute atomic E-state index is 0.109. The fourth-order valence-corrected chi connectivity index (χ4v) is 6.27. The van der Waals surface area contributed by atoms with Gasteiger partial charge in [-0.15, -0.1) is 0 Å². The number of benzene rings is 3. The first kappa shape index (κ1) is 38.3. The van der Waals surface area contributed by atoms with Gasteiger partial charge in [0.25, 0.3) is 5.91 Å². The summed E-state index contributed by atoms with van der Waals surface area (Å²) in [6.45, 7) is 5.98. The number of hydrogen-bond acceptors (Lipinski definition) is 6. The second-order valence-corrected chi connectivity index (χ2v) is 13.8. The van der Waals surface area contributed by atoms with E-state index >= 15 is 0 Å². The number of H-pyrrole nitrogens is 1. The van der Waals surface area contributed by atoms with Gasteiger partial charge in [-0.05, 0) is 43.0 Å². The Hall–Kier alpha value is -5.98. The van der Waals surface area contributed by atoms with Crippen LogP contribution in [0, 0.1) is 5.92 Å². The SMILES string of the molecule is CC(C)[C@H]1NC(=O)[C@H](C)N(C)C(=O)[C@H](Cc2ccccc2)NC(=O)CN(C(=O)c2cc3ccccc3[nH]2)C[C@@H](c2ccccc2)NC(=O)[C@H](C)NC1=O. The highest BCUT2D eigenvalue weighted by molar-refractivity contribution is 6.00. The van der Waals surface area contributed by atoms with Crippen molar-refractivity contribution in [1.82, 2.24) is 36.1 Å². The van der Waals surface area contributed by atoms with Gasteiger partial charge in [0.05, 0.1) is 12.6 Å². The largest absolute Gasteiger partial charge is 0.351 e. The molecule has 5 N–H and O–H groups in total. The Morgan fingerprint density at radius 1 is 0.774 bits per heavy atom. The van der Waals surface area contributed by atoms with Gasteiger partial charge < -0.3 is 36.1 Å². The van der Waals surface area contributed by atoms with Crippen LogP contribution in [0.3, 0.4) is 0 Å². The molecule has 0 radical (unpaired) electrons. The molecule has 1 aliphatic heterocycles. The van der Waals surface area contributed by atoms with E-state index in [4.69, 9.17) is 0 Å². The number of nitrogens with one attached hydrogen (secondary N) is 5. The zero-order valence-electron chi connectivity index (χ0n) is 30.6. The topological polar surface area (TPSA) is 173 Å². The third-order valence-corrected chi connectivity index (χ3v) is 9.53. The number of aromatic nitrogens is 1. The van der Waals surface area contributed by atoms with E-state index in [1.54, 1.807) is 44.2 Å². The van der Waals surface area contributed by atoms with E-state index in [2.05, 4.69) is 26.3 Å². The Labute approximate surface area is 308 Å². The van der Waals surface area contributed by atoms with E-state index in [0.717, 1.165) is 16.5 Å². The molecule has 3 aromatic carbocycles. The molecule has 0 bridgehead atoms. The molecule has 0 unspecified atom stereocenters. The van der Waals surface area contributed by atoms with Gasteiger partial charge in [-0.1, -0.05) is 92.7 Å². The van der Waals surface area contributed by atoms with Gasteiger partial charge in [-0.2, -0.15) is 0 Å². The first-order chi connectivity index (χ1) is 25.3. The van der Waals surface area contributed by atoms with Crippen molar-refractivity contribution >= 4 is 46.3 Å². The van der Waals surface area contributed by atoms with Gasteiger partial charge >= 0.3 is 0 Å². The number of fused-ring (bicyclic) bond motifs is 1.